The SMILES string of the molecule is Cn1nc(C2CCC(=O)NC2=O)c2ccc(N3CCC(CC(=O)Nc4ccc5c(F)c(N6CC(=O)NS6(=O)=O)c(O)cc5c4)CC3)cc21. The third-order valence-corrected chi connectivity index (χ3v) is 10.6. The zero-order chi connectivity index (χ0) is 33.9. The Hall–Kier alpha value is -5.25. The van der Waals surface area contributed by atoms with Crippen molar-refractivity contribution in [3.8, 4) is 5.75 Å². The number of piperidine rings is 2. The summed E-state index contributed by atoms with van der Waals surface area (Å²) in [6, 6.07) is 11.6. The smallest absolute Gasteiger partial charge is 0.326 e. The number of hydrogen-bond acceptors (Lipinski definition) is 9. The van der Waals surface area contributed by atoms with Crippen LogP contribution < -0.4 is 24.6 Å². The summed E-state index contributed by atoms with van der Waals surface area (Å²) in [5.41, 5.74) is 2.34. The van der Waals surface area contributed by atoms with Gasteiger partial charge in [-0.25, -0.2) is 13.4 Å². The van der Waals surface area contributed by atoms with E-state index in [2.05, 4.69) is 26.7 Å². The van der Waals surface area contributed by atoms with Gasteiger partial charge in [-0.15, -0.1) is 0 Å². The Morgan fingerprint density at radius 2 is 1.79 bits per heavy atom. The number of carbonyl (C=O) groups is 4. The number of hydrogen-bond donors (Lipinski definition) is 4. The molecule has 3 saturated heterocycles. The van der Waals surface area contributed by atoms with Gasteiger partial charge in [0.25, 0.3) is 5.91 Å². The fourth-order valence-corrected chi connectivity index (χ4v) is 8.01. The maximum absolute atomic E-state index is 15.4. The van der Waals surface area contributed by atoms with Crippen LogP contribution in [0.1, 0.15) is 43.7 Å². The van der Waals surface area contributed by atoms with Gasteiger partial charge in [0.15, 0.2) is 5.82 Å². The number of carbonyl (C=O) groups excluding carboxylic acids is 4. The Morgan fingerprint density at radius 1 is 1.04 bits per heavy atom. The third-order valence-electron chi connectivity index (χ3n) is 9.27. The molecular formula is C32H32FN7O7S. The summed E-state index contributed by atoms with van der Waals surface area (Å²) in [7, 11) is -2.49. The van der Waals surface area contributed by atoms with Crippen LogP contribution >= 0.6 is 0 Å². The zero-order valence-electron chi connectivity index (χ0n) is 25.8. The Morgan fingerprint density at radius 3 is 2.50 bits per heavy atom. The number of nitrogens with one attached hydrogen (secondary N) is 3. The Kier molecular flexibility index (Phi) is 7.69. The average Bonchev–Trinajstić information content (AvgIpc) is 3.50. The predicted octanol–water partition coefficient (Wildman–Crippen LogP) is 2.52. The van der Waals surface area contributed by atoms with Crippen LogP contribution in [-0.2, 0) is 36.4 Å². The topological polar surface area (TPSA) is 183 Å². The molecule has 7 rings (SSSR count). The molecule has 3 aliphatic rings. The molecule has 3 aliphatic heterocycles. The molecule has 3 aromatic carbocycles. The van der Waals surface area contributed by atoms with E-state index in [0.29, 0.717) is 22.1 Å². The van der Waals surface area contributed by atoms with E-state index in [1.165, 1.54) is 24.3 Å². The van der Waals surface area contributed by atoms with Gasteiger partial charge in [0.1, 0.15) is 18.0 Å². The molecule has 4 aromatic rings. The maximum Gasteiger partial charge on any atom is 0.326 e. The quantitative estimate of drug-likeness (QED) is 0.223. The maximum atomic E-state index is 15.4. The lowest BCUT2D eigenvalue weighted by Crippen LogP contribution is -2.39. The summed E-state index contributed by atoms with van der Waals surface area (Å²) >= 11 is 0. The minimum Gasteiger partial charge on any atom is -0.506 e. The van der Waals surface area contributed by atoms with Crippen molar-refractivity contribution in [3.63, 3.8) is 0 Å². The molecule has 0 saturated carbocycles. The van der Waals surface area contributed by atoms with Gasteiger partial charge in [0.2, 0.25) is 17.7 Å². The van der Waals surface area contributed by atoms with Gasteiger partial charge in [0.05, 0.1) is 17.1 Å². The normalized spacial score (nSPS) is 20.0. The van der Waals surface area contributed by atoms with Gasteiger partial charge in [-0.3, -0.25) is 29.2 Å². The number of aromatic hydroxyl groups is 1. The Balaban J connectivity index is 0.982. The van der Waals surface area contributed by atoms with Crippen molar-refractivity contribution < 1.29 is 37.1 Å². The van der Waals surface area contributed by atoms with Gasteiger partial charge in [-0.1, -0.05) is 0 Å². The van der Waals surface area contributed by atoms with E-state index in [1.807, 2.05) is 19.2 Å². The molecule has 1 aromatic heterocycles. The molecule has 16 heteroatoms. The summed E-state index contributed by atoms with van der Waals surface area (Å²) in [4.78, 5) is 50.9. The first kappa shape index (κ1) is 31.4. The van der Waals surface area contributed by atoms with Crippen molar-refractivity contribution in [1.82, 2.24) is 19.8 Å². The molecule has 0 aliphatic carbocycles. The molecule has 0 radical (unpaired) electrons. The number of aryl methyl sites for hydroxylation is 1. The lowest BCUT2D eigenvalue weighted by molar-refractivity contribution is -0.134. The first-order chi connectivity index (χ1) is 22.9. The number of benzene rings is 3. The molecule has 3 fully saturated rings. The van der Waals surface area contributed by atoms with E-state index in [-0.39, 0.29) is 47.3 Å². The molecule has 48 heavy (non-hydrogen) atoms. The number of imide groups is 1. The summed E-state index contributed by atoms with van der Waals surface area (Å²) in [6.07, 6.45) is 2.57. The number of phenolic OH excluding ortho intramolecular Hbond substituents is 1. The Labute approximate surface area is 274 Å². The minimum absolute atomic E-state index is 0.0132. The van der Waals surface area contributed by atoms with Gasteiger partial charge in [0, 0.05) is 55.1 Å². The first-order valence-electron chi connectivity index (χ1n) is 15.5. The van der Waals surface area contributed by atoms with E-state index >= 15 is 4.39 Å². The average molecular weight is 678 g/mol. The Bertz CT molecular complexity index is 2140. The standard InChI is InChI=1S/C32H32FN7O7S/c1-38-24-15-20(3-5-22(24)30(36-38)23-6-7-26(42)35-32(23)45)39-10-8-17(9-11-39)12-27(43)34-19-2-4-21-18(13-19)14-25(41)31(29(21)33)40-16-28(44)37-48(40,46)47/h2-5,13-15,17,23,41H,6-12,16H2,1H3,(H,34,43)(H,37,44)(H,35,42,45). The number of rotatable bonds is 6. The molecule has 1 atom stereocenters. The number of aromatic nitrogens is 2. The highest BCUT2D eigenvalue weighted by Crippen LogP contribution is 2.39. The number of phenols is 1. The summed E-state index contributed by atoms with van der Waals surface area (Å²) in [6.45, 7) is 0.830. The van der Waals surface area contributed by atoms with Crippen molar-refractivity contribution in [2.24, 2.45) is 13.0 Å². The number of halogens is 1. The van der Waals surface area contributed by atoms with Crippen LogP contribution in [0.4, 0.5) is 21.5 Å². The first-order valence-corrected chi connectivity index (χ1v) is 17.0. The number of fused-ring (bicyclic) bond motifs is 2. The van der Waals surface area contributed by atoms with Gasteiger partial charge >= 0.3 is 10.2 Å². The van der Waals surface area contributed by atoms with Crippen LogP contribution in [0, 0.1) is 11.7 Å². The molecule has 1 unspecified atom stereocenters. The van der Waals surface area contributed by atoms with E-state index in [4.69, 9.17) is 0 Å². The summed E-state index contributed by atoms with van der Waals surface area (Å²) in [5.74, 6) is -3.63. The van der Waals surface area contributed by atoms with Crippen molar-refractivity contribution in [2.75, 3.05) is 34.2 Å². The van der Waals surface area contributed by atoms with Crippen LogP contribution in [0.2, 0.25) is 0 Å². The predicted molar refractivity (Wildman–Crippen MR) is 174 cm³/mol. The number of nitrogens with zero attached hydrogens (tertiary/aromatic N) is 4. The van der Waals surface area contributed by atoms with E-state index in [0.717, 1.165) is 42.5 Å². The molecule has 0 spiro atoms. The lowest BCUT2D eigenvalue weighted by atomic mass is 9.92. The summed E-state index contributed by atoms with van der Waals surface area (Å²) in [5, 5.41) is 21.5. The van der Waals surface area contributed by atoms with Crippen LogP contribution in [0.5, 0.6) is 5.75 Å². The number of anilines is 3. The van der Waals surface area contributed by atoms with Crippen molar-refractivity contribution in [3.05, 3.63) is 54.0 Å². The van der Waals surface area contributed by atoms with Crippen molar-refractivity contribution in [2.45, 2.75) is 38.0 Å². The molecule has 4 heterocycles. The summed E-state index contributed by atoms with van der Waals surface area (Å²) < 4.78 is 43.8. The molecule has 250 valence electrons. The highest BCUT2D eigenvalue weighted by atomic mass is 32.2. The van der Waals surface area contributed by atoms with Crippen LogP contribution in [0.25, 0.3) is 21.7 Å². The second kappa shape index (κ2) is 11.8. The van der Waals surface area contributed by atoms with Crippen molar-refractivity contribution in [1.29, 1.82) is 0 Å². The molecule has 4 amide bonds. The second-order valence-corrected chi connectivity index (χ2v) is 14.0. The fraction of sp³-hybridized carbons (Fsp3) is 0.344. The van der Waals surface area contributed by atoms with E-state index < -0.39 is 45.8 Å². The van der Waals surface area contributed by atoms with Crippen LogP contribution in [-0.4, -0.2) is 66.6 Å². The van der Waals surface area contributed by atoms with E-state index in [9.17, 15) is 32.7 Å². The number of amides is 4. The van der Waals surface area contributed by atoms with Gasteiger partial charge in [-0.05, 0) is 73.0 Å². The van der Waals surface area contributed by atoms with Crippen LogP contribution in [0.15, 0.2) is 42.5 Å². The monoisotopic (exact) mass is 677 g/mol. The molecular weight excluding hydrogens is 645 g/mol. The van der Waals surface area contributed by atoms with Crippen LogP contribution in [0.3, 0.4) is 0 Å². The lowest BCUT2D eigenvalue weighted by Gasteiger charge is -2.33. The highest BCUT2D eigenvalue weighted by Gasteiger charge is 2.38. The molecule has 14 nitrogen and oxygen atoms in total. The largest absolute Gasteiger partial charge is 0.506 e. The second-order valence-electron chi connectivity index (χ2n) is 12.4. The highest BCUT2D eigenvalue weighted by molar-refractivity contribution is 7.92. The third kappa shape index (κ3) is 5.65. The van der Waals surface area contributed by atoms with Gasteiger partial charge < -0.3 is 15.3 Å². The fourth-order valence-electron chi connectivity index (χ4n) is 6.85. The van der Waals surface area contributed by atoms with Crippen molar-refractivity contribution >= 4 is 72.6 Å². The van der Waals surface area contributed by atoms with E-state index in [1.54, 1.807) is 9.40 Å². The molecule has 4 N–H and O–H groups in total. The van der Waals surface area contributed by atoms with Gasteiger partial charge in [-0.2, -0.15) is 13.5 Å². The zero-order valence-corrected chi connectivity index (χ0v) is 26.6. The minimum atomic E-state index is -4.33. The molecule has 0 bridgehead atoms.